The van der Waals surface area contributed by atoms with Crippen LogP contribution in [-0.2, 0) is 0 Å². The summed E-state index contributed by atoms with van der Waals surface area (Å²) in [6.45, 7) is 4.51. The molecule has 1 N–H and O–H groups in total. The number of nitrogens with one attached hydrogen (secondary N) is 1. The van der Waals surface area contributed by atoms with Crippen molar-refractivity contribution in [2.24, 2.45) is 5.92 Å². The molecule has 1 atom stereocenters. The molecule has 1 aliphatic heterocycles. The number of pyridine rings is 1. The van der Waals surface area contributed by atoms with Gasteiger partial charge in [-0.25, -0.2) is 4.98 Å². The Labute approximate surface area is 135 Å². The highest BCUT2D eigenvalue weighted by atomic mass is 79.9. The molecule has 1 aliphatic carbocycles. The number of hydrogen-bond donors (Lipinski definition) is 1. The van der Waals surface area contributed by atoms with E-state index in [1.54, 1.807) is 0 Å². The standard InChI is InChI=1S/C13H18BrN3.2ClH/c14-12-3-1-2-11(16-12)13(10-4-5-10)17-8-6-15-7-9-17;;/h1-3,10,13,15H,4-9H2;2*1H/t13-;;/m0../s1. The number of nitrogens with zero attached hydrogens (tertiary/aromatic N) is 2. The average Bonchev–Trinajstić information content (AvgIpc) is 3.15. The molecule has 0 unspecified atom stereocenters. The Morgan fingerprint density at radius 3 is 2.47 bits per heavy atom. The Balaban J connectivity index is 0.000000902. The van der Waals surface area contributed by atoms with Crippen molar-refractivity contribution in [3.63, 3.8) is 0 Å². The van der Waals surface area contributed by atoms with Crippen LogP contribution in [-0.4, -0.2) is 36.1 Å². The van der Waals surface area contributed by atoms with E-state index in [0.717, 1.165) is 36.7 Å². The molecular formula is C13H20BrCl2N3. The molecule has 0 bridgehead atoms. The van der Waals surface area contributed by atoms with Crippen LogP contribution >= 0.6 is 40.7 Å². The molecule has 1 aromatic rings. The molecule has 2 heterocycles. The highest BCUT2D eigenvalue weighted by Crippen LogP contribution is 2.44. The first-order valence-corrected chi connectivity index (χ1v) is 7.21. The maximum absolute atomic E-state index is 4.66. The molecule has 3 nitrogen and oxygen atoms in total. The lowest BCUT2D eigenvalue weighted by atomic mass is 10.1. The van der Waals surface area contributed by atoms with Crippen molar-refractivity contribution in [3.05, 3.63) is 28.5 Å². The fraction of sp³-hybridized carbons (Fsp3) is 0.615. The third kappa shape index (κ3) is 4.30. The fourth-order valence-electron chi connectivity index (χ4n) is 2.69. The minimum absolute atomic E-state index is 0. The van der Waals surface area contributed by atoms with E-state index in [0.29, 0.717) is 6.04 Å². The van der Waals surface area contributed by atoms with Crippen LogP contribution in [0.2, 0.25) is 0 Å². The Bertz CT molecular complexity index is 395. The van der Waals surface area contributed by atoms with Crippen LogP contribution in [0.4, 0.5) is 0 Å². The molecule has 0 spiro atoms. The van der Waals surface area contributed by atoms with Crippen LogP contribution in [0.5, 0.6) is 0 Å². The molecule has 3 rings (SSSR count). The smallest absolute Gasteiger partial charge is 0.106 e. The van der Waals surface area contributed by atoms with Crippen molar-refractivity contribution in [3.8, 4) is 0 Å². The van der Waals surface area contributed by atoms with Gasteiger partial charge in [-0.3, -0.25) is 4.90 Å². The molecule has 0 radical (unpaired) electrons. The van der Waals surface area contributed by atoms with E-state index >= 15 is 0 Å². The van der Waals surface area contributed by atoms with Crippen LogP contribution in [0.1, 0.15) is 24.6 Å². The SMILES string of the molecule is Brc1cccc([C@H](C2CC2)N2CCNCC2)n1.Cl.Cl. The Morgan fingerprint density at radius 1 is 1.21 bits per heavy atom. The van der Waals surface area contributed by atoms with E-state index in [4.69, 9.17) is 0 Å². The van der Waals surface area contributed by atoms with Crippen molar-refractivity contribution in [1.29, 1.82) is 0 Å². The largest absolute Gasteiger partial charge is 0.314 e. The molecule has 1 saturated heterocycles. The minimum atomic E-state index is 0. The van der Waals surface area contributed by atoms with Crippen molar-refractivity contribution in [2.75, 3.05) is 26.2 Å². The monoisotopic (exact) mass is 367 g/mol. The highest BCUT2D eigenvalue weighted by Gasteiger charge is 2.37. The van der Waals surface area contributed by atoms with E-state index in [2.05, 4.69) is 43.3 Å². The summed E-state index contributed by atoms with van der Waals surface area (Å²) >= 11 is 3.48. The fourth-order valence-corrected chi connectivity index (χ4v) is 3.05. The summed E-state index contributed by atoms with van der Waals surface area (Å²) in [4.78, 5) is 7.26. The zero-order valence-electron chi connectivity index (χ0n) is 10.7. The first-order valence-electron chi connectivity index (χ1n) is 6.42. The van der Waals surface area contributed by atoms with E-state index in [1.165, 1.54) is 18.5 Å². The minimum Gasteiger partial charge on any atom is -0.314 e. The van der Waals surface area contributed by atoms with Crippen LogP contribution in [0.25, 0.3) is 0 Å². The predicted octanol–water partition coefficient (Wildman–Crippen LogP) is 3.04. The van der Waals surface area contributed by atoms with Crippen LogP contribution < -0.4 is 5.32 Å². The summed E-state index contributed by atoms with van der Waals surface area (Å²) in [5.41, 5.74) is 1.24. The van der Waals surface area contributed by atoms with Gasteiger partial charge in [-0.2, -0.15) is 0 Å². The van der Waals surface area contributed by atoms with Gasteiger partial charge in [-0.1, -0.05) is 6.07 Å². The Hall–Kier alpha value is 0.130. The topological polar surface area (TPSA) is 28.2 Å². The van der Waals surface area contributed by atoms with Crippen molar-refractivity contribution in [1.82, 2.24) is 15.2 Å². The van der Waals surface area contributed by atoms with Gasteiger partial charge in [-0.05, 0) is 46.8 Å². The van der Waals surface area contributed by atoms with Gasteiger partial charge in [0.2, 0.25) is 0 Å². The van der Waals surface area contributed by atoms with E-state index in [9.17, 15) is 0 Å². The molecule has 0 amide bonds. The molecule has 2 aliphatic rings. The number of rotatable bonds is 3. The maximum Gasteiger partial charge on any atom is 0.106 e. The van der Waals surface area contributed by atoms with Crippen molar-refractivity contribution >= 4 is 40.7 Å². The lowest BCUT2D eigenvalue weighted by Gasteiger charge is -2.34. The lowest BCUT2D eigenvalue weighted by molar-refractivity contribution is 0.153. The van der Waals surface area contributed by atoms with Crippen molar-refractivity contribution < 1.29 is 0 Å². The predicted molar refractivity (Wildman–Crippen MR) is 86.3 cm³/mol. The normalized spacial score (nSPS) is 21.1. The van der Waals surface area contributed by atoms with Gasteiger partial charge in [0, 0.05) is 26.2 Å². The summed E-state index contributed by atoms with van der Waals surface area (Å²) in [6.07, 6.45) is 2.73. The zero-order chi connectivity index (χ0) is 11.7. The third-order valence-electron chi connectivity index (χ3n) is 3.65. The van der Waals surface area contributed by atoms with Gasteiger partial charge in [0.1, 0.15) is 4.60 Å². The summed E-state index contributed by atoms with van der Waals surface area (Å²) in [5.74, 6) is 0.829. The molecular weight excluding hydrogens is 349 g/mol. The quantitative estimate of drug-likeness (QED) is 0.831. The zero-order valence-corrected chi connectivity index (χ0v) is 13.9. The van der Waals surface area contributed by atoms with Gasteiger partial charge in [0.15, 0.2) is 0 Å². The van der Waals surface area contributed by atoms with Gasteiger partial charge in [0.25, 0.3) is 0 Å². The summed E-state index contributed by atoms with van der Waals surface area (Å²) < 4.78 is 0.954. The van der Waals surface area contributed by atoms with Gasteiger partial charge >= 0.3 is 0 Å². The highest BCUT2D eigenvalue weighted by molar-refractivity contribution is 9.10. The molecule has 2 fully saturated rings. The number of piperazine rings is 1. The molecule has 1 saturated carbocycles. The van der Waals surface area contributed by atoms with E-state index < -0.39 is 0 Å². The molecule has 19 heavy (non-hydrogen) atoms. The molecule has 6 heteroatoms. The molecule has 108 valence electrons. The van der Waals surface area contributed by atoms with Gasteiger partial charge in [0.05, 0.1) is 11.7 Å². The molecule has 0 aromatic carbocycles. The molecule has 1 aromatic heterocycles. The summed E-state index contributed by atoms with van der Waals surface area (Å²) in [7, 11) is 0. The lowest BCUT2D eigenvalue weighted by Crippen LogP contribution is -2.45. The van der Waals surface area contributed by atoms with Gasteiger partial charge in [-0.15, -0.1) is 24.8 Å². The van der Waals surface area contributed by atoms with Crippen LogP contribution in [0, 0.1) is 5.92 Å². The summed E-state index contributed by atoms with van der Waals surface area (Å²) in [6, 6.07) is 6.82. The van der Waals surface area contributed by atoms with Crippen LogP contribution in [0.15, 0.2) is 22.8 Å². The Kier molecular flexibility index (Phi) is 7.05. The van der Waals surface area contributed by atoms with Crippen LogP contribution in [0.3, 0.4) is 0 Å². The van der Waals surface area contributed by atoms with Gasteiger partial charge < -0.3 is 5.32 Å². The Morgan fingerprint density at radius 2 is 1.89 bits per heavy atom. The van der Waals surface area contributed by atoms with Crippen molar-refractivity contribution in [2.45, 2.75) is 18.9 Å². The number of hydrogen-bond acceptors (Lipinski definition) is 3. The number of halogens is 3. The second-order valence-corrected chi connectivity index (χ2v) is 5.77. The maximum atomic E-state index is 4.66. The third-order valence-corrected chi connectivity index (χ3v) is 4.09. The second-order valence-electron chi connectivity index (χ2n) is 4.95. The first kappa shape index (κ1) is 17.2. The average molecular weight is 369 g/mol. The summed E-state index contributed by atoms with van der Waals surface area (Å²) in [5, 5.41) is 3.42. The first-order chi connectivity index (χ1) is 8.34. The number of aromatic nitrogens is 1. The second kappa shape index (κ2) is 7.79. The van der Waals surface area contributed by atoms with E-state index in [-0.39, 0.29) is 24.8 Å². The van der Waals surface area contributed by atoms with E-state index in [1.807, 2.05) is 6.07 Å².